The van der Waals surface area contributed by atoms with Crippen molar-refractivity contribution in [3.05, 3.63) is 52.9 Å². The fourth-order valence-corrected chi connectivity index (χ4v) is 2.38. The van der Waals surface area contributed by atoms with Crippen LogP contribution in [-0.2, 0) is 6.42 Å². The lowest BCUT2D eigenvalue weighted by Gasteiger charge is -2.09. The molecule has 18 heavy (non-hydrogen) atoms. The molecule has 0 fully saturated rings. The van der Waals surface area contributed by atoms with Gasteiger partial charge in [0.05, 0.1) is 5.00 Å². The van der Waals surface area contributed by atoms with Crippen molar-refractivity contribution in [2.45, 2.75) is 6.42 Å². The van der Waals surface area contributed by atoms with Crippen LogP contribution < -0.4 is 5.32 Å². The molecule has 0 unspecified atom stereocenters. The number of hydrogen-bond acceptors (Lipinski definition) is 2. The summed E-state index contributed by atoms with van der Waals surface area (Å²) in [4.78, 5) is 13.0. The predicted octanol–water partition coefficient (Wildman–Crippen LogP) is 3.43. The van der Waals surface area contributed by atoms with Gasteiger partial charge in [0.15, 0.2) is 0 Å². The highest BCUT2D eigenvalue weighted by atomic mass is 32.1. The Balaban J connectivity index is 2.00. The maximum Gasteiger partial charge on any atom is 0.321 e. The Morgan fingerprint density at radius 3 is 2.61 bits per heavy atom. The minimum absolute atomic E-state index is 0.0943. The smallest absolute Gasteiger partial charge is 0.321 e. The first-order valence-corrected chi connectivity index (χ1v) is 6.63. The molecule has 0 spiro atoms. The SMILES string of the molecule is CN(C)C(=O)Nc1cc(Cc2ccccc2)cs1. The molecule has 2 amide bonds. The molecule has 2 aromatic rings. The van der Waals surface area contributed by atoms with Crippen LogP contribution in [-0.4, -0.2) is 25.0 Å². The number of anilines is 1. The quantitative estimate of drug-likeness (QED) is 0.901. The Bertz CT molecular complexity index is 520. The summed E-state index contributed by atoms with van der Waals surface area (Å²) in [6, 6.07) is 12.2. The lowest BCUT2D eigenvalue weighted by atomic mass is 10.1. The zero-order valence-electron chi connectivity index (χ0n) is 10.5. The minimum Gasteiger partial charge on any atom is -0.331 e. The first-order valence-electron chi connectivity index (χ1n) is 5.75. The van der Waals surface area contributed by atoms with Gasteiger partial charge in [0.1, 0.15) is 0 Å². The van der Waals surface area contributed by atoms with Crippen LogP contribution in [0.4, 0.5) is 9.80 Å². The molecule has 1 N–H and O–H groups in total. The second-order valence-corrected chi connectivity index (χ2v) is 5.22. The van der Waals surface area contributed by atoms with Gasteiger partial charge in [-0.1, -0.05) is 30.3 Å². The van der Waals surface area contributed by atoms with Gasteiger partial charge in [-0.15, -0.1) is 11.3 Å². The predicted molar refractivity (Wildman–Crippen MR) is 76.3 cm³/mol. The van der Waals surface area contributed by atoms with E-state index in [4.69, 9.17) is 0 Å². The maximum atomic E-state index is 11.5. The number of amides is 2. The van der Waals surface area contributed by atoms with Gasteiger partial charge >= 0.3 is 6.03 Å². The number of nitrogens with zero attached hydrogens (tertiary/aromatic N) is 1. The van der Waals surface area contributed by atoms with E-state index in [0.29, 0.717) is 0 Å². The third-order valence-corrected chi connectivity index (χ3v) is 3.44. The Morgan fingerprint density at radius 2 is 1.94 bits per heavy atom. The van der Waals surface area contributed by atoms with Crippen molar-refractivity contribution >= 4 is 22.4 Å². The highest BCUT2D eigenvalue weighted by Gasteiger charge is 2.06. The number of urea groups is 1. The Kier molecular flexibility index (Phi) is 3.99. The molecule has 0 aliphatic rings. The number of nitrogens with one attached hydrogen (secondary N) is 1. The topological polar surface area (TPSA) is 32.3 Å². The number of thiophene rings is 1. The van der Waals surface area contributed by atoms with E-state index in [1.165, 1.54) is 16.0 Å². The summed E-state index contributed by atoms with van der Waals surface area (Å²) < 4.78 is 0. The molecule has 94 valence electrons. The molecular weight excluding hydrogens is 244 g/mol. The lowest BCUT2D eigenvalue weighted by Crippen LogP contribution is -2.26. The molecule has 0 radical (unpaired) electrons. The van der Waals surface area contributed by atoms with Crippen LogP contribution in [0.1, 0.15) is 11.1 Å². The number of hydrogen-bond donors (Lipinski definition) is 1. The normalized spacial score (nSPS) is 10.1. The number of carbonyl (C=O) groups excluding carboxylic acids is 1. The van der Waals surface area contributed by atoms with Crippen molar-refractivity contribution in [1.29, 1.82) is 0 Å². The molecule has 3 nitrogen and oxygen atoms in total. The van der Waals surface area contributed by atoms with Crippen LogP contribution in [0.5, 0.6) is 0 Å². The van der Waals surface area contributed by atoms with Crippen LogP contribution in [0.15, 0.2) is 41.8 Å². The first kappa shape index (κ1) is 12.6. The van der Waals surface area contributed by atoms with Gasteiger partial charge in [-0.2, -0.15) is 0 Å². The van der Waals surface area contributed by atoms with Gasteiger partial charge in [0.25, 0.3) is 0 Å². The van der Waals surface area contributed by atoms with E-state index in [1.54, 1.807) is 25.4 Å². The third-order valence-electron chi connectivity index (χ3n) is 2.54. The van der Waals surface area contributed by atoms with Crippen molar-refractivity contribution in [3.63, 3.8) is 0 Å². The van der Waals surface area contributed by atoms with Gasteiger partial charge in [-0.25, -0.2) is 4.79 Å². The number of benzene rings is 1. The van der Waals surface area contributed by atoms with Gasteiger partial charge in [0, 0.05) is 14.1 Å². The van der Waals surface area contributed by atoms with Crippen LogP contribution in [0, 0.1) is 0 Å². The molecule has 4 heteroatoms. The molecule has 0 saturated heterocycles. The van der Waals surface area contributed by atoms with Crippen molar-refractivity contribution in [2.75, 3.05) is 19.4 Å². The zero-order valence-corrected chi connectivity index (χ0v) is 11.3. The fourth-order valence-electron chi connectivity index (χ4n) is 1.58. The van der Waals surface area contributed by atoms with E-state index in [2.05, 4.69) is 22.8 Å². The molecule has 0 bridgehead atoms. The summed E-state index contributed by atoms with van der Waals surface area (Å²) >= 11 is 1.56. The highest BCUT2D eigenvalue weighted by Crippen LogP contribution is 2.22. The average Bonchev–Trinajstić information content (AvgIpc) is 2.77. The molecule has 0 aliphatic heterocycles. The molecule has 2 rings (SSSR count). The van der Waals surface area contributed by atoms with E-state index in [1.807, 2.05) is 24.3 Å². The standard InChI is InChI=1S/C14H16N2OS/c1-16(2)14(17)15-13-9-12(10-18-13)8-11-6-4-3-5-7-11/h3-7,9-10H,8H2,1-2H3,(H,15,17). The molecule has 1 heterocycles. The molecule has 0 atom stereocenters. The summed E-state index contributed by atoms with van der Waals surface area (Å²) in [7, 11) is 3.46. The molecule has 1 aromatic heterocycles. The second kappa shape index (κ2) is 5.69. The first-order chi connectivity index (χ1) is 8.65. The van der Waals surface area contributed by atoms with Crippen LogP contribution in [0.3, 0.4) is 0 Å². The third kappa shape index (κ3) is 3.34. The number of rotatable bonds is 3. The minimum atomic E-state index is -0.0943. The second-order valence-electron chi connectivity index (χ2n) is 4.31. The van der Waals surface area contributed by atoms with Gasteiger partial charge in [-0.05, 0) is 29.0 Å². The van der Waals surface area contributed by atoms with Crippen LogP contribution >= 0.6 is 11.3 Å². The van der Waals surface area contributed by atoms with Gasteiger partial charge in [-0.3, -0.25) is 5.32 Å². The van der Waals surface area contributed by atoms with Gasteiger partial charge < -0.3 is 4.90 Å². The summed E-state index contributed by atoms with van der Waals surface area (Å²) in [5, 5.41) is 5.82. The summed E-state index contributed by atoms with van der Waals surface area (Å²) in [6.07, 6.45) is 0.898. The van der Waals surface area contributed by atoms with Crippen molar-refractivity contribution < 1.29 is 4.79 Å². The van der Waals surface area contributed by atoms with Crippen LogP contribution in [0.2, 0.25) is 0 Å². The zero-order chi connectivity index (χ0) is 13.0. The Labute approximate surface area is 111 Å². The van der Waals surface area contributed by atoms with E-state index in [-0.39, 0.29) is 6.03 Å². The Hall–Kier alpha value is -1.81. The van der Waals surface area contributed by atoms with E-state index >= 15 is 0 Å². The van der Waals surface area contributed by atoms with Crippen molar-refractivity contribution in [1.82, 2.24) is 4.90 Å². The van der Waals surface area contributed by atoms with Crippen molar-refractivity contribution in [3.8, 4) is 0 Å². The maximum absolute atomic E-state index is 11.5. The van der Waals surface area contributed by atoms with Crippen molar-refractivity contribution in [2.24, 2.45) is 0 Å². The highest BCUT2D eigenvalue weighted by molar-refractivity contribution is 7.14. The fraction of sp³-hybridized carbons (Fsp3) is 0.214. The largest absolute Gasteiger partial charge is 0.331 e. The lowest BCUT2D eigenvalue weighted by molar-refractivity contribution is 0.231. The summed E-state index contributed by atoms with van der Waals surface area (Å²) in [5.74, 6) is 0. The summed E-state index contributed by atoms with van der Waals surface area (Å²) in [5.41, 5.74) is 2.50. The molecule has 0 aliphatic carbocycles. The Morgan fingerprint density at radius 1 is 1.22 bits per heavy atom. The monoisotopic (exact) mass is 260 g/mol. The summed E-state index contributed by atoms with van der Waals surface area (Å²) in [6.45, 7) is 0. The van der Waals surface area contributed by atoms with Crippen LogP contribution in [0.25, 0.3) is 0 Å². The molecule has 0 saturated carbocycles. The number of carbonyl (C=O) groups is 1. The van der Waals surface area contributed by atoms with E-state index in [9.17, 15) is 4.79 Å². The van der Waals surface area contributed by atoms with E-state index in [0.717, 1.165) is 11.4 Å². The average molecular weight is 260 g/mol. The molecule has 1 aromatic carbocycles. The van der Waals surface area contributed by atoms with E-state index < -0.39 is 0 Å². The van der Waals surface area contributed by atoms with Gasteiger partial charge in [0.2, 0.25) is 0 Å². The molecular formula is C14H16N2OS.